The van der Waals surface area contributed by atoms with Crippen LogP contribution in [0, 0.1) is 0 Å². The number of hydrogen-bond acceptors (Lipinski definition) is 3. The van der Waals surface area contributed by atoms with Gasteiger partial charge in [0.1, 0.15) is 23.1 Å². The Morgan fingerprint density at radius 3 is 1.87 bits per heavy atom. The predicted octanol–water partition coefficient (Wildman–Crippen LogP) is 10.6. The fourth-order valence-electron chi connectivity index (χ4n) is 6.08. The molecule has 5 heteroatoms. The molecule has 0 spiro atoms. The first-order valence-electron chi connectivity index (χ1n) is 15.6. The van der Waals surface area contributed by atoms with Crippen molar-refractivity contribution in [2.45, 2.75) is 39.5 Å². The van der Waals surface area contributed by atoms with Gasteiger partial charge in [0.25, 0.3) is 0 Å². The molecule has 5 nitrogen and oxygen atoms in total. The molecule has 7 rings (SSSR count). The highest BCUT2D eigenvalue weighted by Gasteiger charge is 2.19. The van der Waals surface area contributed by atoms with E-state index < -0.39 is 0 Å². The van der Waals surface area contributed by atoms with Crippen molar-refractivity contribution in [1.82, 2.24) is 19.1 Å². The van der Waals surface area contributed by atoms with Crippen molar-refractivity contribution in [3.8, 4) is 45.6 Å². The topological polar surface area (TPSA) is 44.9 Å². The quantitative estimate of drug-likeness (QED) is 0.177. The lowest BCUT2D eigenvalue weighted by molar-refractivity contribution is 0.483. The summed E-state index contributed by atoms with van der Waals surface area (Å²) in [6, 6.07) is 41.5. The van der Waals surface area contributed by atoms with Crippen molar-refractivity contribution in [2.24, 2.45) is 0 Å². The van der Waals surface area contributed by atoms with Crippen molar-refractivity contribution >= 4 is 11.0 Å². The van der Waals surface area contributed by atoms with Gasteiger partial charge in [0.2, 0.25) is 0 Å². The summed E-state index contributed by atoms with van der Waals surface area (Å²) in [6.45, 7) is 8.99. The van der Waals surface area contributed by atoms with Gasteiger partial charge in [0, 0.05) is 29.2 Å². The van der Waals surface area contributed by atoms with Crippen molar-refractivity contribution in [3.05, 3.63) is 145 Å². The van der Waals surface area contributed by atoms with E-state index in [1.54, 1.807) is 0 Å². The Morgan fingerprint density at radius 1 is 0.600 bits per heavy atom. The summed E-state index contributed by atoms with van der Waals surface area (Å²) in [5, 5.41) is 0. The number of ether oxygens (including phenoxy) is 1. The van der Waals surface area contributed by atoms with Crippen LogP contribution in [0.15, 0.2) is 134 Å². The molecule has 0 aliphatic heterocycles. The lowest BCUT2D eigenvalue weighted by Crippen LogP contribution is -2.07. The number of nitrogens with zero attached hydrogens (tertiary/aromatic N) is 4. The third-order valence-electron chi connectivity index (χ3n) is 8.22. The molecule has 0 amide bonds. The van der Waals surface area contributed by atoms with Gasteiger partial charge in [0.05, 0.1) is 16.7 Å². The summed E-state index contributed by atoms with van der Waals surface area (Å²) in [5.41, 5.74) is 8.89. The molecule has 0 unspecified atom stereocenters. The molecular weight excluding hydrogens is 552 g/mol. The second kappa shape index (κ2) is 11.9. The average Bonchev–Trinajstić information content (AvgIpc) is 3.71. The highest BCUT2D eigenvalue weighted by atomic mass is 16.5. The summed E-state index contributed by atoms with van der Waals surface area (Å²) >= 11 is 0. The predicted molar refractivity (Wildman–Crippen MR) is 184 cm³/mol. The summed E-state index contributed by atoms with van der Waals surface area (Å²) in [4.78, 5) is 9.85. The molecule has 0 aliphatic carbocycles. The Labute approximate surface area is 264 Å². The summed E-state index contributed by atoms with van der Waals surface area (Å²) < 4.78 is 10.9. The van der Waals surface area contributed by atoms with Gasteiger partial charge < -0.3 is 4.74 Å². The largest absolute Gasteiger partial charge is 0.457 e. The van der Waals surface area contributed by atoms with Gasteiger partial charge in [-0.05, 0) is 71.5 Å². The van der Waals surface area contributed by atoms with Crippen molar-refractivity contribution in [1.29, 1.82) is 0 Å². The zero-order valence-corrected chi connectivity index (χ0v) is 26.1. The smallest absolute Gasteiger partial charge is 0.145 e. The van der Waals surface area contributed by atoms with Crippen LogP contribution in [0.4, 0.5) is 0 Å². The first-order valence-corrected chi connectivity index (χ1v) is 15.6. The minimum atomic E-state index is 0.381. The van der Waals surface area contributed by atoms with Crippen LogP contribution in [0.3, 0.4) is 0 Å². The third-order valence-corrected chi connectivity index (χ3v) is 8.22. The van der Waals surface area contributed by atoms with E-state index in [2.05, 4.69) is 128 Å². The first-order chi connectivity index (χ1) is 22.0. The normalized spacial score (nSPS) is 11.5. The van der Waals surface area contributed by atoms with Gasteiger partial charge in [-0.3, -0.25) is 9.13 Å². The Balaban J connectivity index is 1.25. The Morgan fingerprint density at radius 2 is 1.20 bits per heavy atom. The minimum absolute atomic E-state index is 0.381. The molecule has 5 aromatic carbocycles. The zero-order chi connectivity index (χ0) is 30.9. The second-order valence-corrected chi connectivity index (χ2v) is 12.0. The van der Waals surface area contributed by atoms with E-state index in [1.165, 1.54) is 16.8 Å². The van der Waals surface area contributed by atoms with Crippen LogP contribution in [0.1, 0.15) is 50.7 Å². The van der Waals surface area contributed by atoms with Gasteiger partial charge >= 0.3 is 0 Å². The molecule has 0 saturated heterocycles. The van der Waals surface area contributed by atoms with Crippen molar-refractivity contribution < 1.29 is 4.74 Å². The molecule has 0 atom stereocenters. The third kappa shape index (κ3) is 5.42. The highest BCUT2D eigenvalue weighted by Crippen LogP contribution is 2.36. The maximum absolute atomic E-state index is 6.49. The number of fused-ring (bicyclic) bond motifs is 1. The average molecular weight is 589 g/mol. The molecule has 0 bridgehead atoms. The minimum Gasteiger partial charge on any atom is -0.457 e. The molecule has 222 valence electrons. The number of aromatic nitrogens is 4. The number of imidazole rings is 2. The standard InChI is InChI=1S/C40H36N4O/c1-27(2)34-19-12-20-35(28(3)4)38(34)43-24-23-41-39(43)29-13-10-17-32(25-29)45-33-18-11-14-30(26-33)40-42-36-21-8-9-22-37(36)44(40)31-15-6-5-7-16-31/h5-28H,1-4H3. The van der Waals surface area contributed by atoms with Gasteiger partial charge in [0.15, 0.2) is 0 Å². The van der Waals surface area contributed by atoms with Crippen molar-refractivity contribution in [3.63, 3.8) is 0 Å². The molecule has 0 aliphatic rings. The first kappa shape index (κ1) is 28.4. The fraction of sp³-hybridized carbons (Fsp3) is 0.150. The van der Waals surface area contributed by atoms with E-state index in [4.69, 9.17) is 14.7 Å². The molecule has 0 saturated carbocycles. The molecule has 2 aromatic heterocycles. The van der Waals surface area contributed by atoms with E-state index in [1.807, 2.05) is 42.6 Å². The van der Waals surface area contributed by atoms with Gasteiger partial charge in [-0.2, -0.15) is 0 Å². The summed E-state index contributed by atoms with van der Waals surface area (Å²) in [6.07, 6.45) is 3.95. The Kier molecular flexibility index (Phi) is 7.52. The van der Waals surface area contributed by atoms with Gasteiger partial charge in [-0.1, -0.05) is 100 Å². The monoisotopic (exact) mass is 588 g/mol. The number of para-hydroxylation sites is 4. The molecule has 7 aromatic rings. The number of benzene rings is 5. The zero-order valence-electron chi connectivity index (χ0n) is 26.1. The van der Waals surface area contributed by atoms with E-state index in [0.717, 1.165) is 51.0 Å². The Bertz CT molecular complexity index is 2080. The van der Waals surface area contributed by atoms with Crippen LogP contribution >= 0.6 is 0 Å². The lowest BCUT2D eigenvalue weighted by Gasteiger charge is -2.22. The highest BCUT2D eigenvalue weighted by molar-refractivity contribution is 5.83. The van der Waals surface area contributed by atoms with Crippen LogP contribution in [0.5, 0.6) is 11.5 Å². The molecule has 0 fully saturated rings. The van der Waals surface area contributed by atoms with Gasteiger partial charge in [-0.25, -0.2) is 9.97 Å². The van der Waals surface area contributed by atoms with E-state index in [-0.39, 0.29) is 0 Å². The van der Waals surface area contributed by atoms with Crippen molar-refractivity contribution in [2.75, 3.05) is 0 Å². The summed E-state index contributed by atoms with van der Waals surface area (Å²) in [5.74, 6) is 4.01. The summed E-state index contributed by atoms with van der Waals surface area (Å²) in [7, 11) is 0. The molecule has 45 heavy (non-hydrogen) atoms. The SMILES string of the molecule is CC(C)c1cccc(C(C)C)c1-n1ccnc1-c1cccc(Oc2cccc(-c3nc4ccccc4n3-c3ccccc3)c2)c1. The second-order valence-electron chi connectivity index (χ2n) is 12.0. The van der Waals surface area contributed by atoms with Crippen LogP contribution < -0.4 is 4.74 Å². The fourth-order valence-corrected chi connectivity index (χ4v) is 6.08. The maximum Gasteiger partial charge on any atom is 0.145 e. The van der Waals surface area contributed by atoms with Crippen LogP contribution in [-0.2, 0) is 0 Å². The lowest BCUT2D eigenvalue weighted by atomic mass is 9.92. The van der Waals surface area contributed by atoms with E-state index in [9.17, 15) is 0 Å². The van der Waals surface area contributed by atoms with E-state index >= 15 is 0 Å². The van der Waals surface area contributed by atoms with Crippen LogP contribution in [0.25, 0.3) is 45.2 Å². The van der Waals surface area contributed by atoms with Gasteiger partial charge in [-0.15, -0.1) is 0 Å². The molecule has 0 N–H and O–H groups in total. The maximum atomic E-state index is 6.49. The molecule has 2 heterocycles. The van der Waals surface area contributed by atoms with Crippen LogP contribution in [0.2, 0.25) is 0 Å². The number of rotatable bonds is 8. The molecular formula is C40H36N4O. The van der Waals surface area contributed by atoms with Crippen LogP contribution in [-0.4, -0.2) is 19.1 Å². The number of hydrogen-bond donors (Lipinski definition) is 0. The molecule has 0 radical (unpaired) electrons. The van der Waals surface area contributed by atoms with E-state index in [0.29, 0.717) is 11.8 Å². The Hall–Kier alpha value is -5.42.